The molecule has 0 N–H and O–H groups in total. The second kappa shape index (κ2) is 3.78. The van der Waals surface area contributed by atoms with Crippen LogP contribution in [0.4, 0.5) is 0 Å². The summed E-state index contributed by atoms with van der Waals surface area (Å²) >= 11 is 17.6. The fraction of sp³-hybridized carbons (Fsp3) is 1.00. The summed E-state index contributed by atoms with van der Waals surface area (Å²) in [6, 6.07) is 0.680. The quantitative estimate of drug-likeness (QED) is 0.540. The molecule has 0 fully saturated rings. The zero-order valence-corrected chi connectivity index (χ0v) is 10.5. The molecule has 0 aliphatic rings. The molecule has 0 spiro atoms. The summed E-state index contributed by atoms with van der Waals surface area (Å²) < 4.78 is 5.35. The van der Waals surface area contributed by atoms with Crippen molar-refractivity contribution in [2.45, 2.75) is 26.1 Å². The van der Waals surface area contributed by atoms with E-state index in [9.17, 15) is 0 Å². The zero-order chi connectivity index (χ0) is 8.41. The predicted octanol–water partition coefficient (Wildman–Crippen LogP) is 3.38. The Labute approximate surface area is 78.0 Å². The van der Waals surface area contributed by atoms with Gasteiger partial charge in [-0.05, 0) is 19.1 Å². The van der Waals surface area contributed by atoms with Gasteiger partial charge in [-0.3, -0.25) is 0 Å². The molecule has 10 heavy (non-hydrogen) atoms. The minimum absolute atomic E-state index is 0.680. The maximum atomic E-state index is 5.88. The topological polar surface area (TPSA) is 9.23 Å². The first-order valence-electron chi connectivity index (χ1n) is 3.04. The van der Waals surface area contributed by atoms with Crippen LogP contribution in [0.2, 0.25) is 19.1 Å². The van der Waals surface area contributed by atoms with Gasteiger partial charge in [-0.15, -0.1) is 33.2 Å². The van der Waals surface area contributed by atoms with E-state index in [2.05, 4.69) is 0 Å². The number of hydrogen-bond donors (Lipinski definition) is 0. The van der Waals surface area contributed by atoms with Crippen molar-refractivity contribution in [3.8, 4) is 0 Å². The minimum Gasteiger partial charge on any atom is -0.422 e. The van der Waals surface area contributed by atoms with E-state index in [-0.39, 0.29) is 0 Å². The SMILES string of the molecule is CC[Si](Cl)(Cl)O[Si](C)(C)Cl. The van der Waals surface area contributed by atoms with Crippen LogP contribution in [0.5, 0.6) is 0 Å². The second-order valence-corrected chi connectivity index (χ2v) is 15.0. The molecule has 0 saturated heterocycles. The third-order valence-corrected chi connectivity index (χ3v) is 8.45. The van der Waals surface area contributed by atoms with E-state index in [1.807, 2.05) is 20.0 Å². The van der Waals surface area contributed by atoms with Crippen LogP contribution in [0.25, 0.3) is 0 Å². The van der Waals surface area contributed by atoms with Crippen LogP contribution >= 0.6 is 33.2 Å². The van der Waals surface area contributed by atoms with Crippen LogP contribution in [-0.4, -0.2) is 14.6 Å². The van der Waals surface area contributed by atoms with Gasteiger partial charge in [-0.25, -0.2) is 0 Å². The van der Waals surface area contributed by atoms with E-state index < -0.39 is 14.6 Å². The van der Waals surface area contributed by atoms with Gasteiger partial charge in [0.2, 0.25) is 0 Å². The molecule has 0 aromatic heterocycles. The van der Waals surface area contributed by atoms with Gasteiger partial charge < -0.3 is 4.12 Å². The summed E-state index contributed by atoms with van der Waals surface area (Å²) in [7, 11) is -2.04. The Bertz CT molecular complexity index is 112. The maximum absolute atomic E-state index is 5.88. The third kappa shape index (κ3) is 6.01. The fourth-order valence-corrected chi connectivity index (χ4v) is 9.21. The van der Waals surface area contributed by atoms with Crippen LogP contribution in [0.15, 0.2) is 0 Å². The molecule has 62 valence electrons. The highest BCUT2D eigenvalue weighted by Gasteiger charge is 2.35. The van der Waals surface area contributed by atoms with Crippen molar-refractivity contribution >= 4 is 47.8 Å². The molecule has 0 radical (unpaired) electrons. The Morgan fingerprint density at radius 3 is 1.70 bits per heavy atom. The molecule has 0 aromatic rings. The molecule has 0 saturated carbocycles. The van der Waals surface area contributed by atoms with Crippen LogP contribution in [-0.2, 0) is 4.12 Å². The van der Waals surface area contributed by atoms with Crippen molar-refractivity contribution in [2.75, 3.05) is 0 Å². The summed E-state index contributed by atoms with van der Waals surface area (Å²) in [5.74, 6) is 0. The average Bonchev–Trinajstić information content (AvgIpc) is 1.60. The summed E-state index contributed by atoms with van der Waals surface area (Å²) in [5, 5.41) is 0. The minimum atomic E-state index is -2.44. The molecule has 1 nitrogen and oxygen atoms in total. The maximum Gasteiger partial charge on any atom is 0.379 e. The molecule has 6 heteroatoms. The van der Waals surface area contributed by atoms with Gasteiger partial charge in [-0.1, -0.05) is 6.92 Å². The van der Waals surface area contributed by atoms with Gasteiger partial charge >= 0.3 is 6.94 Å². The number of hydrogen-bond acceptors (Lipinski definition) is 1. The van der Waals surface area contributed by atoms with E-state index in [4.69, 9.17) is 37.4 Å². The van der Waals surface area contributed by atoms with E-state index in [0.29, 0.717) is 6.04 Å². The van der Waals surface area contributed by atoms with Crippen molar-refractivity contribution < 1.29 is 4.12 Å². The van der Waals surface area contributed by atoms with Gasteiger partial charge in [0.25, 0.3) is 7.63 Å². The van der Waals surface area contributed by atoms with Gasteiger partial charge in [0, 0.05) is 0 Å². The average molecular weight is 238 g/mol. The molecule has 0 unspecified atom stereocenters. The van der Waals surface area contributed by atoms with Crippen LogP contribution in [0.3, 0.4) is 0 Å². The Kier molecular flexibility index (Phi) is 4.26. The lowest BCUT2D eigenvalue weighted by atomic mass is 11.0. The largest absolute Gasteiger partial charge is 0.422 e. The van der Waals surface area contributed by atoms with Gasteiger partial charge in [0.1, 0.15) is 0 Å². The molecule has 0 atom stereocenters. The lowest BCUT2D eigenvalue weighted by Crippen LogP contribution is -2.36. The normalized spacial score (nSPS) is 13.8. The van der Waals surface area contributed by atoms with Crippen molar-refractivity contribution in [3.63, 3.8) is 0 Å². The second-order valence-electron chi connectivity index (χ2n) is 2.46. The number of rotatable bonds is 3. The van der Waals surface area contributed by atoms with Crippen LogP contribution in [0.1, 0.15) is 6.92 Å². The molecule has 0 aromatic carbocycles. The standard InChI is InChI=1S/C4H11Cl3OSi2/c1-4-10(6,7)8-9(2,3)5/h4H2,1-3H3. The first kappa shape index (κ1) is 11.3. The Morgan fingerprint density at radius 2 is 1.60 bits per heavy atom. The van der Waals surface area contributed by atoms with Gasteiger partial charge in [0.15, 0.2) is 0 Å². The fourth-order valence-electron chi connectivity index (χ4n) is 0.427. The Hall–Kier alpha value is 1.26. The highest BCUT2D eigenvalue weighted by atomic mass is 35.7. The summed E-state index contributed by atoms with van der Waals surface area (Å²) in [5.41, 5.74) is 0. The van der Waals surface area contributed by atoms with Crippen molar-refractivity contribution in [1.82, 2.24) is 0 Å². The summed E-state index contributed by atoms with van der Waals surface area (Å²) in [6.07, 6.45) is 0. The first-order valence-corrected chi connectivity index (χ1v) is 11.1. The molecular weight excluding hydrogens is 227 g/mol. The Morgan fingerprint density at radius 1 is 1.20 bits per heavy atom. The van der Waals surface area contributed by atoms with E-state index >= 15 is 0 Å². The molecule has 0 aliphatic carbocycles. The predicted molar refractivity (Wildman–Crippen MR) is 52.4 cm³/mol. The van der Waals surface area contributed by atoms with Crippen molar-refractivity contribution in [1.29, 1.82) is 0 Å². The highest BCUT2D eigenvalue weighted by molar-refractivity contribution is 7.44. The lowest BCUT2D eigenvalue weighted by Gasteiger charge is -2.23. The summed E-state index contributed by atoms with van der Waals surface area (Å²) in [6.45, 7) is 3.18. The van der Waals surface area contributed by atoms with Gasteiger partial charge in [0.05, 0.1) is 0 Å². The van der Waals surface area contributed by atoms with Gasteiger partial charge in [-0.2, -0.15) is 0 Å². The Balaban J connectivity index is 3.89. The smallest absolute Gasteiger partial charge is 0.379 e. The first-order chi connectivity index (χ1) is 4.27. The van der Waals surface area contributed by atoms with E-state index in [1.165, 1.54) is 0 Å². The van der Waals surface area contributed by atoms with Crippen LogP contribution < -0.4 is 0 Å². The van der Waals surface area contributed by atoms with Crippen molar-refractivity contribution in [3.05, 3.63) is 0 Å². The molecule has 0 rings (SSSR count). The highest BCUT2D eigenvalue weighted by Crippen LogP contribution is 2.27. The molecular formula is C4H11Cl3OSi2. The monoisotopic (exact) mass is 236 g/mol. The molecule has 0 heterocycles. The van der Waals surface area contributed by atoms with E-state index in [1.54, 1.807) is 0 Å². The number of halogens is 3. The van der Waals surface area contributed by atoms with Crippen LogP contribution in [0, 0.1) is 0 Å². The molecule has 0 amide bonds. The molecule has 0 aliphatic heterocycles. The van der Waals surface area contributed by atoms with Crippen molar-refractivity contribution in [2.24, 2.45) is 0 Å². The lowest BCUT2D eigenvalue weighted by molar-refractivity contribution is 0.596. The summed E-state index contributed by atoms with van der Waals surface area (Å²) in [4.78, 5) is 0. The van der Waals surface area contributed by atoms with E-state index in [0.717, 1.165) is 0 Å². The zero-order valence-electron chi connectivity index (χ0n) is 6.25. The molecule has 0 bridgehead atoms. The third-order valence-electron chi connectivity index (χ3n) is 0.804.